The predicted octanol–water partition coefficient (Wildman–Crippen LogP) is 1.92. The summed E-state index contributed by atoms with van der Waals surface area (Å²) >= 11 is 1.44. The van der Waals surface area contributed by atoms with Crippen LogP contribution in [0.15, 0.2) is 17.8 Å². The zero-order chi connectivity index (χ0) is 15.9. The summed E-state index contributed by atoms with van der Waals surface area (Å²) < 4.78 is 1.71. The van der Waals surface area contributed by atoms with Crippen molar-refractivity contribution in [3.05, 3.63) is 23.5 Å². The van der Waals surface area contributed by atoms with Gasteiger partial charge in [0, 0.05) is 30.7 Å². The minimum Gasteiger partial charge on any atom is -0.388 e. The van der Waals surface area contributed by atoms with Gasteiger partial charge in [-0.25, -0.2) is 4.98 Å². The van der Waals surface area contributed by atoms with Crippen molar-refractivity contribution in [2.75, 3.05) is 6.54 Å². The molecule has 2 aromatic heterocycles. The van der Waals surface area contributed by atoms with Gasteiger partial charge in [-0.2, -0.15) is 5.10 Å². The molecule has 0 saturated carbocycles. The van der Waals surface area contributed by atoms with E-state index in [-0.39, 0.29) is 11.9 Å². The number of hydrogen-bond donors (Lipinski definition) is 1. The van der Waals surface area contributed by atoms with Crippen molar-refractivity contribution in [3.63, 3.8) is 0 Å². The van der Waals surface area contributed by atoms with E-state index >= 15 is 0 Å². The maximum absolute atomic E-state index is 12.7. The predicted molar refractivity (Wildman–Crippen MR) is 84.7 cm³/mol. The summed E-state index contributed by atoms with van der Waals surface area (Å²) in [4.78, 5) is 18.9. The van der Waals surface area contributed by atoms with Gasteiger partial charge < -0.3 is 10.0 Å². The highest BCUT2D eigenvalue weighted by Crippen LogP contribution is 2.29. The van der Waals surface area contributed by atoms with Crippen molar-refractivity contribution >= 4 is 17.2 Å². The lowest BCUT2D eigenvalue weighted by molar-refractivity contribution is 0.000154. The molecule has 2 aromatic rings. The Bertz CT molecular complexity index is 686. The lowest BCUT2D eigenvalue weighted by atomic mass is 9.96. The Kier molecular flexibility index (Phi) is 3.78. The molecule has 3 heterocycles. The molecule has 118 valence electrons. The molecule has 1 amide bonds. The number of hydrogen-bond acceptors (Lipinski definition) is 5. The van der Waals surface area contributed by atoms with Gasteiger partial charge in [-0.05, 0) is 26.7 Å². The molecule has 1 saturated heterocycles. The molecule has 0 aromatic carbocycles. The largest absolute Gasteiger partial charge is 0.388 e. The lowest BCUT2D eigenvalue weighted by Crippen LogP contribution is -2.48. The van der Waals surface area contributed by atoms with Crippen molar-refractivity contribution in [1.29, 1.82) is 0 Å². The minimum absolute atomic E-state index is 0.101. The summed E-state index contributed by atoms with van der Waals surface area (Å²) in [7, 11) is 1.85. The van der Waals surface area contributed by atoms with Gasteiger partial charge in [0.15, 0.2) is 0 Å². The average Bonchev–Trinajstić information content (AvgIpc) is 3.16. The first-order valence-corrected chi connectivity index (χ1v) is 8.22. The Hall–Kier alpha value is -1.73. The van der Waals surface area contributed by atoms with Crippen LogP contribution in [-0.4, -0.2) is 48.9 Å². The Labute approximate surface area is 133 Å². The van der Waals surface area contributed by atoms with Crippen LogP contribution in [0.5, 0.6) is 0 Å². The molecule has 1 N–H and O–H groups in total. The molecule has 1 unspecified atom stereocenters. The van der Waals surface area contributed by atoms with E-state index in [0.717, 1.165) is 23.4 Å². The van der Waals surface area contributed by atoms with Gasteiger partial charge in [0.25, 0.3) is 5.91 Å². The Morgan fingerprint density at radius 2 is 2.27 bits per heavy atom. The normalized spacial score (nSPS) is 18.9. The molecule has 22 heavy (non-hydrogen) atoms. The smallest absolute Gasteiger partial charge is 0.273 e. The van der Waals surface area contributed by atoms with E-state index in [1.165, 1.54) is 11.3 Å². The van der Waals surface area contributed by atoms with E-state index in [9.17, 15) is 9.90 Å². The summed E-state index contributed by atoms with van der Waals surface area (Å²) in [6.07, 6.45) is 5.36. The first-order chi connectivity index (χ1) is 10.4. The van der Waals surface area contributed by atoms with Crippen LogP contribution in [0.4, 0.5) is 0 Å². The molecule has 1 aliphatic heterocycles. The average molecular weight is 320 g/mol. The van der Waals surface area contributed by atoms with Gasteiger partial charge in [0.2, 0.25) is 0 Å². The van der Waals surface area contributed by atoms with Gasteiger partial charge >= 0.3 is 0 Å². The monoisotopic (exact) mass is 320 g/mol. The second kappa shape index (κ2) is 5.48. The molecule has 0 spiro atoms. The third-order valence-corrected chi connectivity index (χ3v) is 4.90. The Balaban J connectivity index is 1.82. The topological polar surface area (TPSA) is 71.2 Å². The Morgan fingerprint density at radius 3 is 2.91 bits per heavy atom. The molecule has 3 rings (SSSR count). The van der Waals surface area contributed by atoms with Crippen LogP contribution in [0.25, 0.3) is 10.6 Å². The minimum atomic E-state index is -0.894. The van der Waals surface area contributed by atoms with Crippen LogP contribution >= 0.6 is 11.3 Å². The number of nitrogens with zero attached hydrogens (tertiary/aromatic N) is 4. The highest BCUT2D eigenvalue weighted by Gasteiger charge is 2.39. The second-order valence-corrected chi connectivity index (χ2v) is 7.11. The van der Waals surface area contributed by atoms with E-state index in [1.54, 1.807) is 35.0 Å². The van der Waals surface area contributed by atoms with Crippen molar-refractivity contribution in [2.24, 2.45) is 7.05 Å². The molecule has 0 radical (unpaired) electrons. The molecule has 6 nitrogen and oxygen atoms in total. The summed E-state index contributed by atoms with van der Waals surface area (Å²) in [5, 5.41) is 16.9. The van der Waals surface area contributed by atoms with E-state index in [0.29, 0.717) is 12.2 Å². The standard InChI is InChI=1S/C15H20N4O2S/c1-15(2,21)12-5-4-6-19(12)14(20)11-9-22-13(17-11)10-7-16-18(3)8-10/h7-9,12,21H,4-6H2,1-3H3. The maximum atomic E-state index is 12.7. The highest BCUT2D eigenvalue weighted by atomic mass is 32.1. The van der Waals surface area contributed by atoms with Crippen molar-refractivity contribution in [2.45, 2.75) is 38.3 Å². The number of likely N-dealkylation sites (tertiary alicyclic amines) is 1. The third-order valence-electron chi connectivity index (χ3n) is 4.00. The van der Waals surface area contributed by atoms with E-state index in [2.05, 4.69) is 10.1 Å². The van der Waals surface area contributed by atoms with Crippen molar-refractivity contribution < 1.29 is 9.90 Å². The van der Waals surface area contributed by atoms with Crippen LogP contribution in [0.3, 0.4) is 0 Å². The van der Waals surface area contributed by atoms with Crippen LogP contribution < -0.4 is 0 Å². The fraction of sp³-hybridized carbons (Fsp3) is 0.533. The van der Waals surface area contributed by atoms with Gasteiger partial charge in [-0.1, -0.05) is 0 Å². The molecule has 0 aliphatic carbocycles. The SMILES string of the molecule is Cn1cc(-c2nc(C(=O)N3CCCC3C(C)(C)O)cs2)cn1. The molecule has 0 bridgehead atoms. The number of carbonyl (C=O) groups excluding carboxylic acids is 1. The number of aryl methyl sites for hydroxylation is 1. The van der Waals surface area contributed by atoms with Crippen LogP contribution in [0, 0.1) is 0 Å². The van der Waals surface area contributed by atoms with Gasteiger partial charge in [0.05, 0.1) is 17.8 Å². The summed E-state index contributed by atoms with van der Waals surface area (Å²) in [5.74, 6) is -0.101. The molecular weight excluding hydrogens is 300 g/mol. The molecular formula is C15H20N4O2S. The van der Waals surface area contributed by atoms with E-state index in [4.69, 9.17) is 0 Å². The van der Waals surface area contributed by atoms with Gasteiger partial charge in [0.1, 0.15) is 10.7 Å². The molecule has 7 heteroatoms. The van der Waals surface area contributed by atoms with Crippen LogP contribution in [-0.2, 0) is 7.05 Å². The Morgan fingerprint density at radius 1 is 1.50 bits per heavy atom. The summed E-state index contributed by atoms with van der Waals surface area (Å²) in [6, 6.07) is -0.149. The van der Waals surface area contributed by atoms with Crippen LogP contribution in [0.2, 0.25) is 0 Å². The molecule has 1 atom stereocenters. The van der Waals surface area contributed by atoms with Crippen molar-refractivity contribution in [1.82, 2.24) is 19.7 Å². The highest BCUT2D eigenvalue weighted by molar-refractivity contribution is 7.13. The number of aliphatic hydroxyl groups is 1. The molecule has 1 fully saturated rings. The van der Waals surface area contributed by atoms with Crippen LogP contribution in [0.1, 0.15) is 37.2 Å². The number of thiazole rings is 1. The van der Waals surface area contributed by atoms with Gasteiger partial charge in [-0.15, -0.1) is 11.3 Å². The summed E-state index contributed by atoms with van der Waals surface area (Å²) in [6.45, 7) is 4.18. The van der Waals surface area contributed by atoms with E-state index < -0.39 is 5.60 Å². The number of carbonyl (C=O) groups is 1. The fourth-order valence-electron chi connectivity index (χ4n) is 2.93. The number of amides is 1. The fourth-order valence-corrected chi connectivity index (χ4v) is 3.70. The first-order valence-electron chi connectivity index (χ1n) is 7.34. The zero-order valence-corrected chi connectivity index (χ0v) is 13.8. The summed E-state index contributed by atoms with van der Waals surface area (Å²) in [5.41, 5.74) is 0.459. The molecule has 1 aliphatic rings. The first kappa shape index (κ1) is 15.2. The third kappa shape index (κ3) is 2.78. The zero-order valence-electron chi connectivity index (χ0n) is 13.0. The second-order valence-electron chi connectivity index (χ2n) is 6.25. The lowest BCUT2D eigenvalue weighted by Gasteiger charge is -2.33. The number of aromatic nitrogens is 3. The number of rotatable bonds is 3. The quantitative estimate of drug-likeness (QED) is 0.938. The van der Waals surface area contributed by atoms with Gasteiger partial charge in [-0.3, -0.25) is 9.48 Å². The van der Waals surface area contributed by atoms with Crippen molar-refractivity contribution in [3.8, 4) is 10.6 Å². The van der Waals surface area contributed by atoms with E-state index in [1.807, 2.05) is 13.2 Å². The maximum Gasteiger partial charge on any atom is 0.273 e.